The maximum Gasteiger partial charge on any atom is 0.673 e. The molecule has 1 aliphatic carbocycles. The molecule has 1 heterocycles. The normalized spacial score (nSPS) is 13.5. The van der Waals surface area contributed by atoms with Gasteiger partial charge >= 0.3 is 7.25 Å². The van der Waals surface area contributed by atoms with Crippen molar-refractivity contribution >= 4 is 66.8 Å². The van der Waals surface area contributed by atoms with Gasteiger partial charge < -0.3 is 17.3 Å². The molecule has 0 unspecified atom stereocenters. The Kier molecular flexibility index (Phi) is 14.2. The van der Waals surface area contributed by atoms with E-state index in [2.05, 4.69) is 163 Å². The van der Waals surface area contributed by atoms with Crippen molar-refractivity contribution in [3.05, 3.63) is 230 Å². The van der Waals surface area contributed by atoms with Crippen LogP contribution in [-0.2, 0) is 5.54 Å². The Morgan fingerprint density at radius 3 is 1.10 bits per heavy atom. The molecule has 0 fully saturated rings. The fourth-order valence-electron chi connectivity index (χ4n) is 7.62. The van der Waals surface area contributed by atoms with Crippen LogP contribution < -0.4 is 4.78 Å². The van der Waals surface area contributed by atoms with Gasteiger partial charge in [0, 0.05) is 5.56 Å². The van der Waals surface area contributed by atoms with E-state index < -0.39 is 20.2 Å². The van der Waals surface area contributed by atoms with E-state index in [1.54, 1.807) is 24.3 Å². The van der Waals surface area contributed by atoms with Gasteiger partial charge in [0.1, 0.15) is 13.0 Å². The van der Waals surface area contributed by atoms with Crippen LogP contribution in [0, 0.1) is 0 Å². The molecule has 1 aliphatic heterocycles. The molecule has 9 rings (SSSR count). The van der Waals surface area contributed by atoms with Gasteiger partial charge in [-0.2, -0.15) is 9.79 Å². The molecular formula is C47H40BCl4F4N2P. The van der Waals surface area contributed by atoms with E-state index in [1.165, 1.54) is 44.6 Å². The standard InChI is InChI=1S/C35H32N2P.2C6H4Cl2.BF4/c1-38(2,3)37-33-25-15-14-24-32(33)35(30-22-12-10-20-28(30)29-21-11-13-23-31(29)35)36(37)34(26-16-6-4-7-17-26)27-18-8-5-9-19-27;2*7-5-3-1-2-4-6(5)8;2-1(3,4)5/h4-25,34H,1-3H3;2*1-4H;/q+1;;;-1. The zero-order valence-corrected chi connectivity index (χ0v) is 36.3. The summed E-state index contributed by atoms with van der Waals surface area (Å²) in [6, 6.07) is 63.7. The van der Waals surface area contributed by atoms with Gasteiger partial charge in [-0.3, -0.25) is 0 Å². The Labute approximate surface area is 364 Å². The number of halogens is 8. The summed E-state index contributed by atoms with van der Waals surface area (Å²) in [5.74, 6) is 0. The first-order valence-corrected chi connectivity index (χ1v) is 23.2. The van der Waals surface area contributed by atoms with E-state index in [1.807, 2.05) is 24.3 Å². The van der Waals surface area contributed by atoms with Crippen molar-refractivity contribution in [2.24, 2.45) is 0 Å². The average Bonchev–Trinajstić information content (AvgIpc) is 3.69. The van der Waals surface area contributed by atoms with Gasteiger partial charge in [-0.25, -0.2) is 0 Å². The molecule has 0 radical (unpaired) electrons. The van der Waals surface area contributed by atoms with Crippen LogP contribution in [0.1, 0.15) is 33.9 Å². The van der Waals surface area contributed by atoms with Gasteiger partial charge in [0.2, 0.25) is 0 Å². The van der Waals surface area contributed by atoms with Gasteiger partial charge in [0.15, 0.2) is 0 Å². The molecule has 0 N–H and O–H groups in total. The minimum Gasteiger partial charge on any atom is -0.418 e. The number of rotatable bonds is 4. The highest BCUT2D eigenvalue weighted by molar-refractivity contribution is 7.75. The minimum absolute atomic E-state index is 0.0169. The van der Waals surface area contributed by atoms with Crippen LogP contribution in [0.5, 0.6) is 0 Å². The first kappa shape index (κ1) is 44.2. The lowest BCUT2D eigenvalue weighted by Crippen LogP contribution is -2.52. The summed E-state index contributed by atoms with van der Waals surface area (Å²) in [5, 5.41) is 5.17. The Bertz CT molecular complexity index is 2310. The van der Waals surface area contributed by atoms with E-state index in [-0.39, 0.29) is 6.04 Å². The van der Waals surface area contributed by atoms with Gasteiger partial charge in [-0.1, -0.05) is 198 Å². The third kappa shape index (κ3) is 9.84. The molecule has 7 aromatic carbocycles. The lowest BCUT2D eigenvalue weighted by Gasteiger charge is -2.47. The highest BCUT2D eigenvalue weighted by Crippen LogP contribution is 2.69. The van der Waals surface area contributed by atoms with Crippen LogP contribution in [0.2, 0.25) is 20.1 Å². The number of anilines is 1. The zero-order valence-electron chi connectivity index (χ0n) is 32.3. The number of hydrogen-bond acceptors (Lipinski definition) is 2. The van der Waals surface area contributed by atoms with Crippen molar-refractivity contribution in [2.45, 2.75) is 11.6 Å². The Hall–Kier alpha value is -4.33. The lowest BCUT2D eigenvalue weighted by atomic mass is 9.79. The summed E-state index contributed by atoms with van der Waals surface area (Å²) in [4.78, 5) is 0. The second-order valence-electron chi connectivity index (χ2n) is 14.4. The molecule has 0 bridgehead atoms. The first-order valence-electron chi connectivity index (χ1n) is 18.6. The predicted molar refractivity (Wildman–Crippen MR) is 245 cm³/mol. The molecule has 2 aliphatic rings. The maximum absolute atomic E-state index is 9.75. The quantitative estimate of drug-likeness (QED) is 0.0987. The van der Waals surface area contributed by atoms with Gasteiger partial charge in [0.05, 0.1) is 51.8 Å². The van der Waals surface area contributed by atoms with E-state index in [0.717, 1.165) is 0 Å². The third-order valence-corrected chi connectivity index (χ3v) is 12.7. The van der Waals surface area contributed by atoms with E-state index in [9.17, 15) is 17.3 Å². The van der Waals surface area contributed by atoms with Crippen molar-refractivity contribution in [1.82, 2.24) is 5.01 Å². The summed E-state index contributed by atoms with van der Waals surface area (Å²) >= 11 is 22.3. The summed E-state index contributed by atoms with van der Waals surface area (Å²) in [6.45, 7) is 7.32. The van der Waals surface area contributed by atoms with Gasteiger partial charge in [0.25, 0.3) is 0 Å². The topological polar surface area (TPSA) is 6.48 Å². The van der Waals surface area contributed by atoms with Crippen LogP contribution in [0.4, 0.5) is 23.0 Å². The summed E-state index contributed by atoms with van der Waals surface area (Å²) in [6.07, 6.45) is 0. The second kappa shape index (κ2) is 18.9. The van der Waals surface area contributed by atoms with E-state index in [4.69, 9.17) is 46.4 Å². The van der Waals surface area contributed by atoms with E-state index in [0.29, 0.717) is 20.1 Å². The van der Waals surface area contributed by atoms with Gasteiger partial charge in [-0.15, -0.1) is 0 Å². The molecule has 0 amide bonds. The lowest BCUT2D eigenvalue weighted by molar-refractivity contribution is 0.152. The van der Waals surface area contributed by atoms with Crippen LogP contribution in [-0.4, -0.2) is 32.3 Å². The van der Waals surface area contributed by atoms with Crippen LogP contribution in [0.25, 0.3) is 11.1 Å². The monoisotopic (exact) mass is 890 g/mol. The SMILES string of the molecule is C[P+](C)(C)N1c2ccccc2C2(c3ccccc3-c3ccccc32)N1C(c1ccccc1)c1ccccc1.Clc1ccccc1Cl.Clc1ccccc1Cl.F[B-](F)(F)F. The van der Waals surface area contributed by atoms with Crippen LogP contribution >= 0.6 is 53.8 Å². The molecular weight excluding hydrogens is 852 g/mol. The van der Waals surface area contributed by atoms with Gasteiger partial charge in [-0.05, 0) is 63.7 Å². The maximum atomic E-state index is 9.75. The highest BCUT2D eigenvalue weighted by Gasteiger charge is 2.62. The summed E-state index contributed by atoms with van der Waals surface area (Å²) in [7, 11) is -7.59. The average molecular weight is 892 g/mol. The number of fused-ring (bicyclic) bond motifs is 7. The molecule has 2 nitrogen and oxygen atoms in total. The Balaban J connectivity index is 0.000000227. The molecule has 0 saturated carbocycles. The smallest absolute Gasteiger partial charge is 0.418 e. The van der Waals surface area contributed by atoms with Crippen LogP contribution in [0.15, 0.2) is 182 Å². The molecule has 302 valence electrons. The number of benzene rings is 7. The summed E-state index contributed by atoms with van der Waals surface area (Å²) in [5.41, 5.74) is 10.2. The molecule has 0 atom stereocenters. The van der Waals surface area contributed by atoms with Crippen molar-refractivity contribution in [2.75, 3.05) is 24.8 Å². The molecule has 7 aromatic rings. The predicted octanol–water partition coefficient (Wildman–Crippen LogP) is 15.9. The third-order valence-electron chi connectivity index (χ3n) is 9.67. The number of hydrogen-bond donors (Lipinski definition) is 0. The van der Waals surface area contributed by atoms with E-state index >= 15 is 0 Å². The van der Waals surface area contributed by atoms with Crippen molar-refractivity contribution in [1.29, 1.82) is 0 Å². The largest absolute Gasteiger partial charge is 0.673 e. The molecule has 59 heavy (non-hydrogen) atoms. The Morgan fingerprint density at radius 1 is 0.441 bits per heavy atom. The molecule has 1 spiro atoms. The van der Waals surface area contributed by atoms with Crippen LogP contribution in [0.3, 0.4) is 0 Å². The zero-order chi connectivity index (χ0) is 42.4. The molecule has 0 saturated heterocycles. The fraction of sp³-hybridized carbons (Fsp3) is 0.106. The fourth-order valence-corrected chi connectivity index (χ4v) is 9.80. The number of para-hydroxylation sites is 1. The molecule has 12 heteroatoms. The number of hydrazine groups is 1. The van der Waals surface area contributed by atoms with Crippen molar-refractivity contribution in [3.63, 3.8) is 0 Å². The minimum atomic E-state index is -6.00. The number of nitrogens with zero attached hydrogens (tertiary/aromatic N) is 2. The van der Waals surface area contributed by atoms with Crippen molar-refractivity contribution < 1.29 is 17.3 Å². The van der Waals surface area contributed by atoms with Crippen molar-refractivity contribution in [3.8, 4) is 11.1 Å². The second-order valence-corrected chi connectivity index (χ2v) is 20.3. The first-order chi connectivity index (χ1) is 28.1. The Morgan fingerprint density at radius 2 is 0.746 bits per heavy atom. The highest BCUT2D eigenvalue weighted by atomic mass is 35.5. The molecule has 0 aromatic heterocycles. The summed E-state index contributed by atoms with van der Waals surface area (Å²) < 4.78 is 41.7.